The Morgan fingerprint density at radius 2 is 2.00 bits per heavy atom. The number of nitrogens with zero attached hydrogens (tertiary/aromatic N) is 2. The van der Waals surface area contributed by atoms with Crippen LogP contribution in [0.25, 0.3) is 6.08 Å². The van der Waals surface area contributed by atoms with Gasteiger partial charge in [0.05, 0.1) is 21.8 Å². The monoisotopic (exact) mass is 356 g/mol. The second kappa shape index (κ2) is 6.54. The van der Waals surface area contributed by atoms with Crippen molar-refractivity contribution < 1.29 is 14.7 Å². The average Bonchev–Trinajstić information content (AvgIpc) is 2.81. The molecule has 2 aromatic rings. The van der Waals surface area contributed by atoms with Crippen molar-refractivity contribution in [2.45, 2.75) is 6.92 Å². The molecule has 0 spiro atoms. The van der Waals surface area contributed by atoms with Crippen LogP contribution in [0.4, 0.5) is 5.69 Å². The van der Waals surface area contributed by atoms with E-state index in [-0.39, 0.29) is 11.5 Å². The zero-order chi connectivity index (χ0) is 17.3. The van der Waals surface area contributed by atoms with Crippen LogP contribution in [0.1, 0.15) is 21.6 Å². The maximum atomic E-state index is 12.6. The number of pyridine rings is 1. The molecule has 3 rings (SSSR count). The Bertz CT molecular complexity index is 876. The Kier molecular flexibility index (Phi) is 4.46. The standard InChI is InChI=1S/C17H12N2O3S2/c1-10-6-7-18-12(8-10)9-14-15(20)19(17(23)24-14)13-4-2-11(3-5-13)16(21)22/h2-9H,1H3,(H,21,22). The molecule has 1 aromatic heterocycles. The van der Waals surface area contributed by atoms with Crippen LogP contribution >= 0.6 is 24.0 Å². The molecule has 0 unspecified atom stereocenters. The minimum atomic E-state index is -1.02. The molecule has 0 aliphatic carbocycles. The molecular weight excluding hydrogens is 344 g/mol. The molecule has 1 aromatic carbocycles. The highest BCUT2D eigenvalue weighted by Gasteiger charge is 2.33. The summed E-state index contributed by atoms with van der Waals surface area (Å²) in [5.74, 6) is -1.26. The molecular formula is C17H12N2O3S2. The topological polar surface area (TPSA) is 70.5 Å². The molecule has 7 heteroatoms. The number of hydrogen-bond donors (Lipinski definition) is 1. The Morgan fingerprint density at radius 1 is 1.29 bits per heavy atom. The van der Waals surface area contributed by atoms with Gasteiger partial charge >= 0.3 is 5.97 Å². The number of thioether (sulfide) groups is 1. The van der Waals surface area contributed by atoms with Gasteiger partial charge in [-0.25, -0.2) is 4.79 Å². The minimum absolute atomic E-state index is 0.156. The number of thiocarbonyl (C=S) groups is 1. The predicted molar refractivity (Wildman–Crippen MR) is 98.0 cm³/mol. The smallest absolute Gasteiger partial charge is 0.335 e. The number of anilines is 1. The first kappa shape index (κ1) is 16.4. The summed E-state index contributed by atoms with van der Waals surface area (Å²) in [6, 6.07) is 9.80. The second-order valence-electron chi connectivity index (χ2n) is 5.13. The number of carboxylic acid groups (broad SMARTS) is 1. The SMILES string of the molecule is Cc1ccnc(C=C2SC(=S)N(c3ccc(C(=O)O)cc3)C2=O)c1. The first-order valence-corrected chi connectivity index (χ1v) is 8.22. The third kappa shape index (κ3) is 3.22. The fourth-order valence-electron chi connectivity index (χ4n) is 2.22. The van der Waals surface area contributed by atoms with Gasteiger partial charge in [-0.2, -0.15) is 0 Å². The molecule has 0 bridgehead atoms. The van der Waals surface area contributed by atoms with Crippen molar-refractivity contribution >= 4 is 51.9 Å². The minimum Gasteiger partial charge on any atom is -0.478 e. The first-order chi connectivity index (χ1) is 11.5. The molecule has 0 saturated carbocycles. The van der Waals surface area contributed by atoms with Gasteiger partial charge in [0, 0.05) is 6.20 Å². The molecule has 0 atom stereocenters. The van der Waals surface area contributed by atoms with E-state index < -0.39 is 5.97 Å². The van der Waals surface area contributed by atoms with Crippen LogP contribution in [0.3, 0.4) is 0 Å². The molecule has 1 aliphatic rings. The van der Waals surface area contributed by atoms with Gasteiger partial charge < -0.3 is 5.11 Å². The zero-order valence-electron chi connectivity index (χ0n) is 12.6. The Morgan fingerprint density at radius 3 is 2.62 bits per heavy atom. The van der Waals surface area contributed by atoms with Gasteiger partial charge in [0.1, 0.15) is 0 Å². The number of aryl methyl sites for hydroxylation is 1. The van der Waals surface area contributed by atoms with Crippen LogP contribution in [0.5, 0.6) is 0 Å². The highest BCUT2D eigenvalue weighted by Crippen LogP contribution is 2.35. The van der Waals surface area contributed by atoms with Crippen molar-refractivity contribution in [2.24, 2.45) is 0 Å². The van der Waals surface area contributed by atoms with E-state index in [0.717, 1.165) is 5.56 Å². The van der Waals surface area contributed by atoms with Crippen molar-refractivity contribution in [1.82, 2.24) is 4.98 Å². The molecule has 1 fully saturated rings. The average molecular weight is 356 g/mol. The molecule has 24 heavy (non-hydrogen) atoms. The Hall–Kier alpha value is -2.51. The van der Waals surface area contributed by atoms with Crippen LogP contribution in [-0.4, -0.2) is 26.3 Å². The number of carbonyl (C=O) groups excluding carboxylic acids is 1. The Balaban J connectivity index is 1.90. The summed E-state index contributed by atoms with van der Waals surface area (Å²) >= 11 is 6.49. The van der Waals surface area contributed by atoms with Gasteiger partial charge in [0.2, 0.25) is 0 Å². The third-order valence-corrected chi connectivity index (χ3v) is 4.68. The lowest BCUT2D eigenvalue weighted by Crippen LogP contribution is -2.27. The van der Waals surface area contributed by atoms with Crippen molar-refractivity contribution in [3.8, 4) is 0 Å². The lowest BCUT2D eigenvalue weighted by Gasteiger charge is -2.14. The number of hydrogen-bond acceptors (Lipinski definition) is 5. The number of amides is 1. The van der Waals surface area contributed by atoms with E-state index in [9.17, 15) is 9.59 Å². The van der Waals surface area contributed by atoms with Gasteiger partial charge in [-0.3, -0.25) is 14.7 Å². The largest absolute Gasteiger partial charge is 0.478 e. The first-order valence-electron chi connectivity index (χ1n) is 6.99. The molecule has 2 heterocycles. The predicted octanol–water partition coefficient (Wildman–Crippen LogP) is 3.49. The van der Waals surface area contributed by atoms with Crippen LogP contribution in [0.15, 0.2) is 47.5 Å². The molecule has 5 nitrogen and oxygen atoms in total. The fourth-order valence-corrected chi connectivity index (χ4v) is 3.50. The normalized spacial score (nSPS) is 16.0. The number of rotatable bonds is 3. The third-order valence-electron chi connectivity index (χ3n) is 3.38. The molecule has 0 radical (unpaired) electrons. The summed E-state index contributed by atoms with van der Waals surface area (Å²) in [6.07, 6.45) is 3.39. The van der Waals surface area contributed by atoms with Gasteiger partial charge in [-0.15, -0.1) is 0 Å². The number of benzene rings is 1. The van der Waals surface area contributed by atoms with E-state index in [4.69, 9.17) is 17.3 Å². The molecule has 120 valence electrons. The van der Waals surface area contributed by atoms with Crippen LogP contribution in [0.2, 0.25) is 0 Å². The second-order valence-corrected chi connectivity index (χ2v) is 6.80. The highest BCUT2D eigenvalue weighted by atomic mass is 32.2. The van der Waals surface area contributed by atoms with E-state index in [0.29, 0.717) is 20.6 Å². The summed E-state index contributed by atoms with van der Waals surface area (Å²) < 4.78 is 0.405. The van der Waals surface area contributed by atoms with Gasteiger partial charge in [-0.05, 0) is 55.0 Å². The maximum absolute atomic E-state index is 12.6. The van der Waals surface area contributed by atoms with Crippen LogP contribution < -0.4 is 4.90 Å². The van der Waals surface area contributed by atoms with E-state index in [1.54, 1.807) is 24.4 Å². The van der Waals surface area contributed by atoms with Gasteiger partial charge in [-0.1, -0.05) is 24.0 Å². The Labute approximate surface area is 148 Å². The van der Waals surface area contributed by atoms with Crippen molar-refractivity contribution in [1.29, 1.82) is 0 Å². The number of carbonyl (C=O) groups is 2. The molecule has 1 saturated heterocycles. The summed E-state index contributed by atoms with van der Waals surface area (Å²) in [7, 11) is 0. The number of carboxylic acids is 1. The van der Waals surface area contributed by atoms with Gasteiger partial charge in [0.15, 0.2) is 4.32 Å². The maximum Gasteiger partial charge on any atom is 0.335 e. The summed E-state index contributed by atoms with van der Waals surface area (Å²) in [6.45, 7) is 1.95. The van der Waals surface area contributed by atoms with E-state index in [2.05, 4.69) is 4.98 Å². The van der Waals surface area contributed by atoms with Crippen LogP contribution in [-0.2, 0) is 4.79 Å². The number of aromatic carboxylic acids is 1. The lowest BCUT2D eigenvalue weighted by molar-refractivity contribution is -0.113. The van der Waals surface area contributed by atoms with Crippen LogP contribution in [0, 0.1) is 6.92 Å². The summed E-state index contributed by atoms with van der Waals surface area (Å²) in [4.78, 5) is 29.7. The number of aromatic nitrogens is 1. The fraction of sp³-hybridized carbons (Fsp3) is 0.0588. The van der Waals surface area contributed by atoms with Crippen molar-refractivity contribution in [2.75, 3.05) is 4.90 Å². The van der Waals surface area contributed by atoms with Crippen molar-refractivity contribution in [3.05, 3.63) is 64.3 Å². The van der Waals surface area contributed by atoms with Crippen molar-refractivity contribution in [3.63, 3.8) is 0 Å². The lowest BCUT2D eigenvalue weighted by atomic mass is 10.2. The molecule has 1 N–H and O–H groups in total. The van der Waals surface area contributed by atoms with E-state index in [1.165, 1.54) is 28.8 Å². The van der Waals surface area contributed by atoms with E-state index >= 15 is 0 Å². The molecule has 1 aliphatic heterocycles. The highest BCUT2D eigenvalue weighted by molar-refractivity contribution is 8.27. The quantitative estimate of drug-likeness (QED) is 0.670. The zero-order valence-corrected chi connectivity index (χ0v) is 14.2. The molecule has 1 amide bonds. The summed E-state index contributed by atoms with van der Waals surface area (Å²) in [5, 5.41) is 8.95. The van der Waals surface area contributed by atoms with E-state index in [1.807, 2.05) is 19.1 Å². The van der Waals surface area contributed by atoms with Gasteiger partial charge in [0.25, 0.3) is 5.91 Å². The summed E-state index contributed by atoms with van der Waals surface area (Å²) in [5.41, 5.74) is 2.44.